The van der Waals surface area contributed by atoms with Crippen LogP contribution in [-0.2, 0) is 33.1 Å². The minimum Gasteiger partial charge on any atom is -0.508 e. The molecule has 3 aromatic rings. The van der Waals surface area contributed by atoms with Crippen molar-refractivity contribution in [1.82, 2.24) is 15.4 Å². The second kappa shape index (κ2) is 16.8. The summed E-state index contributed by atoms with van der Waals surface area (Å²) < 4.78 is 3.36. The monoisotopic (exact) mass is 606 g/mol. The number of aliphatic carboxylic acids is 1. The fourth-order valence-corrected chi connectivity index (χ4v) is 5.07. The molecule has 12 heteroatoms. The van der Waals surface area contributed by atoms with Crippen LogP contribution in [0.3, 0.4) is 0 Å². The minimum atomic E-state index is -1.07. The Bertz CT molecular complexity index is 1370. The van der Waals surface area contributed by atoms with Gasteiger partial charge in [0.25, 0.3) is 0 Å². The van der Waals surface area contributed by atoms with Crippen LogP contribution in [0, 0.1) is 5.41 Å². The number of carboxylic acids is 1. The van der Waals surface area contributed by atoms with Gasteiger partial charge in [-0.25, -0.2) is 0 Å². The Hall–Kier alpha value is -4.55. The number of carbonyl (C=O) groups is 3. The van der Waals surface area contributed by atoms with Gasteiger partial charge in [-0.15, -0.1) is 0 Å². The number of nitrogen functional groups attached to an aromatic ring is 2. The molecule has 0 spiro atoms. The van der Waals surface area contributed by atoms with Crippen LogP contribution in [0.1, 0.15) is 47.9 Å². The van der Waals surface area contributed by atoms with Gasteiger partial charge >= 0.3 is 5.97 Å². The third-order valence-corrected chi connectivity index (χ3v) is 7.63. The van der Waals surface area contributed by atoms with Crippen molar-refractivity contribution in [2.45, 2.75) is 56.5 Å². The molecule has 10 N–H and O–H groups in total. The Labute approximate surface area is 255 Å². The fourth-order valence-electron chi connectivity index (χ4n) is 4.19. The van der Waals surface area contributed by atoms with Crippen molar-refractivity contribution >= 4 is 41.3 Å². The lowest BCUT2D eigenvalue weighted by molar-refractivity contribution is -0.138. The lowest BCUT2D eigenvalue weighted by Crippen LogP contribution is -2.48. The SMILES string of the molecule is N=C(N)c1ccc(CNC(=O)C(CCC(=O)O)NC(=O)CC(CCc2ccc(O)cc2)NSCc2ccc(N)cc2)cc1. The second-order valence-electron chi connectivity index (χ2n) is 10.1. The highest BCUT2D eigenvalue weighted by Gasteiger charge is 2.23. The molecule has 0 radical (unpaired) electrons. The normalized spacial score (nSPS) is 12.2. The van der Waals surface area contributed by atoms with Gasteiger partial charge in [-0.2, -0.15) is 0 Å². The number of hydrogen-bond acceptors (Lipinski definition) is 8. The van der Waals surface area contributed by atoms with E-state index in [0.29, 0.717) is 29.8 Å². The van der Waals surface area contributed by atoms with Crippen molar-refractivity contribution in [1.29, 1.82) is 5.41 Å². The van der Waals surface area contributed by atoms with E-state index in [-0.39, 0.29) is 49.3 Å². The summed E-state index contributed by atoms with van der Waals surface area (Å²) in [5.41, 5.74) is 15.3. The summed E-state index contributed by atoms with van der Waals surface area (Å²) in [5, 5.41) is 31.7. The Morgan fingerprint density at radius 1 is 0.884 bits per heavy atom. The summed E-state index contributed by atoms with van der Waals surface area (Å²) in [5.74, 6) is -1.18. The average molecular weight is 607 g/mol. The van der Waals surface area contributed by atoms with Gasteiger partial charge in [0, 0.05) is 42.4 Å². The lowest BCUT2D eigenvalue weighted by atomic mass is 10.0. The predicted octanol–water partition coefficient (Wildman–Crippen LogP) is 3.05. The number of benzene rings is 3. The zero-order chi connectivity index (χ0) is 31.2. The molecule has 0 aromatic heterocycles. The summed E-state index contributed by atoms with van der Waals surface area (Å²) in [6.07, 6.45) is 0.976. The number of carbonyl (C=O) groups excluding carboxylic acids is 2. The second-order valence-corrected chi connectivity index (χ2v) is 10.9. The molecule has 0 aliphatic heterocycles. The van der Waals surface area contributed by atoms with Crippen LogP contribution in [0.4, 0.5) is 5.69 Å². The lowest BCUT2D eigenvalue weighted by Gasteiger charge is -2.21. The van der Waals surface area contributed by atoms with Crippen LogP contribution < -0.4 is 26.8 Å². The van der Waals surface area contributed by atoms with Gasteiger partial charge in [-0.1, -0.05) is 60.5 Å². The van der Waals surface area contributed by atoms with Gasteiger partial charge in [0.1, 0.15) is 17.6 Å². The van der Waals surface area contributed by atoms with Gasteiger partial charge in [0.2, 0.25) is 11.8 Å². The Balaban J connectivity index is 1.61. The predicted molar refractivity (Wildman–Crippen MR) is 168 cm³/mol. The number of phenolic OH excluding ortho intramolecular Hbond substituents is 1. The first kappa shape index (κ1) is 33.0. The number of nitrogens with one attached hydrogen (secondary N) is 4. The molecule has 2 unspecified atom stereocenters. The first-order chi connectivity index (χ1) is 20.6. The zero-order valence-corrected chi connectivity index (χ0v) is 24.5. The van der Waals surface area contributed by atoms with Crippen molar-refractivity contribution < 1.29 is 24.6 Å². The summed E-state index contributed by atoms with van der Waals surface area (Å²) in [4.78, 5) is 37.4. The molecule has 228 valence electrons. The molecule has 3 rings (SSSR count). The number of amides is 2. The summed E-state index contributed by atoms with van der Waals surface area (Å²) in [7, 11) is 0. The number of aromatic hydroxyl groups is 1. The van der Waals surface area contributed by atoms with Gasteiger partial charge in [0.15, 0.2) is 0 Å². The first-order valence-electron chi connectivity index (χ1n) is 13.8. The number of carboxylic acid groups (broad SMARTS) is 1. The van der Waals surface area contributed by atoms with Gasteiger partial charge in [0.05, 0.1) is 0 Å². The third kappa shape index (κ3) is 12.1. The molecule has 0 heterocycles. The maximum absolute atomic E-state index is 13.1. The quantitative estimate of drug-likeness (QED) is 0.0491. The number of amidine groups is 1. The summed E-state index contributed by atoms with van der Waals surface area (Å²) in [6.45, 7) is 0.162. The fraction of sp³-hybridized carbons (Fsp3) is 0.290. The van der Waals surface area contributed by atoms with Crippen LogP contribution in [0.5, 0.6) is 5.75 Å². The number of rotatable bonds is 17. The van der Waals surface area contributed by atoms with Crippen molar-refractivity contribution in [2.75, 3.05) is 5.73 Å². The highest BCUT2D eigenvalue weighted by atomic mass is 32.2. The van der Waals surface area contributed by atoms with Gasteiger partial charge < -0.3 is 32.3 Å². The van der Waals surface area contributed by atoms with Crippen molar-refractivity contribution in [2.24, 2.45) is 5.73 Å². The number of phenols is 1. The number of hydrogen-bond donors (Lipinski definition) is 8. The van der Waals surface area contributed by atoms with Crippen LogP contribution in [0.15, 0.2) is 72.8 Å². The molecule has 2 amide bonds. The van der Waals surface area contributed by atoms with E-state index < -0.39 is 17.9 Å². The summed E-state index contributed by atoms with van der Waals surface area (Å²) in [6, 6.07) is 19.9. The van der Waals surface area contributed by atoms with Crippen LogP contribution in [0.25, 0.3) is 0 Å². The highest BCUT2D eigenvalue weighted by Crippen LogP contribution is 2.17. The maximum Gasteiger partial charge on any atom is 0.303 e. The molecule has 0 saturated carbocycles. The van der Waals surface area contributed by atoms with Gasteiger partial charge in [-0.3, -0.25) is 24.5 Å². The first-order valence-corrected chi connectivity index (χ1v) is 14.8. The smallest absolute Gasteiger partial charge is 0.303 e. The summed E-state index contributed by atoms with van der Waals surface area (Å²) >= 11 is 1.46. The van der Waals surface area contributed by atoms with E-state index in [0.717, 1.165) is 16.7 Å². The Morgan fingerprint density at radius 2 is 1.51 bits per heavy atom. The largest absolute Gasteiger partial charge is 0.508 e. The van der Waals surface area contributed by atoms with Crippen molar-refractivity contribution in [3.63, 3.8) is 0 Å². The highest BCUT2D eigenvalue weighted by molar-refractivity contribution is 7.96. The number of aryl methyl sites for hydroxylation is 1. The van der Waals surface area contributed by atoms with Crippen molar-refractivity contribution in [3.05, 3.63) is 95.1 Å². The average Bonchev–Trinajstić information content (AvgIpc) is 2.98. The van der Waals surface area contributed by atoms with E-state index in [1.165, 1.54) is 11.9 Å². The molecule has 0 aliphatic carbocycles. The standard InChI is InChI=1S/C31H38N6O5S/c32-24-10-3-22(4-11-24)19-43-37-25(12-5-20-6-13-26(38)14-7-20)17-28(39)36-27(15-16-29(40)41)31(42)35-18-21-1-8-23(9-2-21)30(33)34/h1-4,6-11,13-14,25,27,37-38H,5,12,15-19,32H2,(H3,33,34)(H,35,42)(H,36,39)(H,40,41). The molecule has 0 aliphatic rings. The van der Waals surface area contributed by atoms with Crippen molar-refractivity contribution in [3.8, 4) is 5.75 Å². The van der Waals surface area contributed by atoms with E-state index in [9.17, 15) is 24.6 Å². The van der Waals surface area contributed by atoms with Crippen LogP contribution in [-0.4, -0.2) is 45.9 Å². The molecular formula is C31H38N6O5S. The topological polar surface area (TPSA) is 204 Å². The van der Waals surface area contributed by atoms with E-state index in [1.807, 2.05) is 36.4 Å². The van der Waals surface area contributed by atoms with E-state index in [2.05, 4.69) is 15.4 Å². The van der Waals surface area contributed by atoms with E-state index in [4.69, 9.17) is 16.9 Å². The molecule has 2 atom stereocenters. The third-order valence-electron chi connectivity index (χ3n) is 6.65. The van der Waals surface area contributed by atoms with Crippen LogP contribution in [0.2, 0.25) is 0 Å². The molecule has 0 bridgehead atoms. The Kier molecular flexibility index (Phi) is 12.9. The molecule has 3 aromatic carbocycles. The van der Waals surface area contributed by atoms with Crippen LogP contribution >= 0.6 is 11.9 Å². The number of nitrogens with two attached hydrogens (primary N) is 2. The minimum absolute atomic E-state index is 0.0618. The molecule has 11 nitrogen and oxygen atoms in total. The molecule has 0 saturated heterocycles. The van der Waals surface area contributed by atoms with E-state index in [1.54, 1.807) is 36.4 Å². The Morgan fingerprint density at radius 3 is 2.14 bits per heavy atom. The van der Waals surface area contributed by atoms with E-state index >= 15 is 0 Å². The molecule has 0 fully saturated rings. The molecular weight excluding hydrogens is 568 g/mol. The maximum atomic E-state index is 13.1. The zero-order valence-electron chi connectivity index (χ0n) is 23.7. The molecule has 43 heavy (non-hydrogen) atoms. The number of anilines is 1. The van der Waals surface area contributed by atoms with Gasteiger partial charge in [-0.05, 0) is 60.2 Å².